The molecule has 1 unspecified atom stereocenters. The van der Waals surface area contributed by atoms with Crippen molar-refractivity contribution in [2.75, 3.05) is 0 Å². The second-order valence-electron chi connectivity index (χ2n) is 4.57. The van der Waals surface area contributed by atoms with Crippen LogP contribution in [-0.4, -0.2) is 6.04 Å². The van der Waals surface area contributed by atoms with Gasteiger partial charge in [0.1, 0.15) is 5.82 Å². The van der Waals surface area contributed by atoms with Crippen LogP contribution in [0.15, 0.2) is 41.8 Å². The van der Waals surface area contributed by atoms with E-state index in [2.05, 4.69) is 17.5 Å². The van der Waals surface area contributed by atoms with Gasteiger partial charge in [-0.2, -0.15) is 0 Å². The van der Waals surface area contributed by atoms with E-state index >= 15 is 0 Å². The van der Waals surface area contributed by atoms with Crippen molar-refractivity contribution >= 4 is 11.3 Å². The molecule has 3 heteroatoms. The average molecular weight is 263 g/mol. The normalized spacial score (nSPS) is 12.6. The number of benzene rings is 1. The minimum absolute atomic E-state index is 0.117. The van der Waals surface area contributed by atoms with E-state index in [0.29, 0.717) is 0 Å². The van der Waals surface area contributed by atoms with E-state index in [1.54, 1.807) is 23.5 Å². The summed E-state index contributed by atoms with van der Waals surface area (Å²) in [5, 5.41) is 2.10. The Bertz CT molecular complexity index is 467. The summed E-state index contributed by atoms with van der Waals surface area (Å²) in [4.78, 5) is 1.41. The molecule has 0 saturated carbocycles. The van der Waals surface area contributed by atoms with Gasteiger partial charge in [0.2, 0.25) is 0 Å². The Labute approximate surface area is 111 Å². The maximum absolute atomic E-state index is 13.0. The predicted molar refractivity (Wildman–Crippen MR) is 75.3 cm³/mol. The van der Waals surface area contributed by atoms with E-state index in [0.717, 1.165) is 31.2 Å². The molecule has 96 valence electrons. The Hall–Kier alpha value is -1.19. The van der Waals surface area contributed by atoms with Crippen LogP contribution in [0.5, 0.6) is 0 Å². The van der Waals surface area contributed by atoms with Gasteiger partial charge in [-0.3, -0.25) is 0 Å². The Morgan fingerprint density at radius 1 is 1.22 bits per heavy atom. The van der Waals surface area contributed by atoms with Crippen molar-refractivity contribution in [2.24, 2.45) is 5.73 Å². The molecule has 1 atom stereocenters. The summed E-state index contributed by atoms with van der Waals surface area (Å²) in [7, 11) is 0. The summed E-state index contributed by atoms with van der Waals surface area (Å²) in [6.45, 7) is 0. The lowest BCUT2D eigenvalue weighted by molar-refractivity contribution is 0.576. The van der Waals surface area contributed by atoms with Crippen LogP contribution in [0.3, 0.4) is 0 Å². The van der Waals surface area contributed by atoms with Gasteiger partial charge in [-0.15, -0.1) is 11.3 Å². The van der Waals surface area contributed by atoms with Crippen molar-refractivity contribution in [3.63, 3.8) is 0 Å². The van der Waals surface area contributed by atoms with Crippen molar-refractivity contribution < 1.29 is 4.39 Å². The number of nitrogens with two attached hydrogens (primary N) is 1. The third kappa shape index (κ3) is 4.24. The molecule has 0 aliphatic rings. The molecule has 2 N–H and O–H groups in total. The number of hydrogen-bond donors (Lipinski definition) is 1. The van der Waals surface area contributed by atoms with Gasteiger partial charge in [0.15, 0.2) is 0 Å². The lowest BCUT2D eigenvalue weighted by atomic mass is 10.0. The van der Waals surface area contributed by atoms with Crippen molar-refractivity contribution in [1.29, 1.82) is 0 Å². The van der Waals surface area contributed by atoms with Gasteiger partial charge in [0.05, 0.1) is 0 Å². The largest absolute Gasteiger partial charge is 0.327 e. The summed E-state index contributed by atoms with van der Waals surface area (Å²) >= 11 is 1.79. The molecule has 2 rings (SSSR count). The van der Waals surface area contributed by atoms with E-state index in [1.165, 1.54) is 10.9 Å². The van der Waals surface area contributed by atoms with E-state index in [4.69, 9.17) is 5.73 Å². The third-order valence-corrected chi connectivity index (χ3v) is 3.90. The highest BCUT2D eigenvalue weighted by Crippen LogP contribution is 2.14. The molecule has 0 amide bonds. The number of rotatable bonds is 6. The first-order valence-electron chi connectivity index (χ1n) is 6.26. The van der Waals surface area contributed by atoms with Crippen molar-refractivity contribution in [2.45, 2.75) is 31.7 Å². The summed E-state index contributed by atoms with van der Waals surface area (Å²) in [6.07, 6.45) is 3.92. The lowest BCUT2D eigenvalue weighted by Gasteiger charge is -2.11. The van der Waals surface area contributed by atoms with Crippen LogP contribution >= 0.6 is 11.3 Å². The van der Waals surface area contributed by atoms with E-state index in [9.17, 15) is 4.39 Å². The second-order valence-corrected chi connectivity index (χ2v) is 5.60. The van der Waals surface area contributed by atoms with Gasteiger partial charge in [0, 0.05) is 10.9 Å². The van der Waals surface area contributed by atoms with Gasteiger partial charge in [0.25, 0.3) is 0 Å². The zero-order valence-corrected chi connectivity index (χ0v) is 11.1. The van der Waals surface area contributed by atoms with Crippen molar-refractivity contribution in [3.8, 4) is 0 Å². The predicted octanol–water partition coefficient (Wildman–Crippen LogP) is 3.78. The van der Waals surface area contributed by atoms with Crippen LogP contribution in [-0.2, 0) is 12.8 Å². The van der Waals surface area contributed by atoms with Crippen LogP contribution in [0, 0.1) is 5.82 Å². The SMILES string of the molecule is NC(CCCc1cccs1)Cc1cccc(F)c1. The Morgan fingerprint density at radius 3 is 2.83 bits per heavy atom. The maximum atomic E-state index is 13.0. The van der Waals surface area contributed by atoms with Crippen LogP contribution in [0.1, 0.15) is 23.3 Å². The first-order chi connectivity index (χ1) is 8.74. The van der Waals surface area contributed by atoms with Crippen LogP contribution in [0.2, 0.25) is 0 Å². The quantitative estimate of drug-likeness (QED) is 0.843. The molecule has 0 aliphatic carbocycles. The molecule has 1 aromatic carbocycles. The first-order valence-corrected chi connectivity index (χ1v) is 7.14. The second kappa shape index (κ2) is 6.66. The highest BCUT2D eigenvalue weighted by atomic mass is 32.1. The van der Waals surface area contributed by atoms with Crippen LogP contribution in [0.25, 0.3) is 0 Å². The molecule has 0 aliphatic heterocycles. The highest BCUT2D eigenvalue weighted by molar-refractivity contribution is 7.09. The fraction of sp³-hybridized carbons (Fsp3) is 0.333. The summed E-state index contributed by atoms with van der Waals surface area (Å²) < 4.78 is 13.0. The van der Waals surface area contributed by atoms with Gasteiger partial charge in [-0.1, -0.05) is 18.2 Å². The Balaban J connectivity index is 1.73. The molecule has 0 radical (unpaired) electrons. The highest BCUT2D eigenvalue weighted by Gasteiger charge is 2.05. The fourth-order valence-corrected chi connectivity index (χ4v) is 2.81. The topological polar surface area (TPSA) is 26.0 Å². The van der Waals surface area contributed by atoms with Gasteiger partial charge >= 0.3 is 0 Å². The van der Waals surface area contributed by atoms with Gasteiger partial charge < -0.3 is 5.73 Å². The molecule has 1 nitrogen and oxygen atoms in total. The standard InChI is InChI=1S/C15H18FNS/c16-13-5-1-4-12(10-13)11-14(17)6-2-7-15-8-3-9-18-15/h1,3-5,8-10,14H,2,6-7,11,17H2. The van der Waals surface area contributed by atoms with Crippen LogP contribution in [0.4, 0.5) is 4.39 Å². The molecule has 0 saturated heterocycles. The lowest BCUT2D eigenvalue weighted by Crippen LogP contribution is -2.22. The zero-order valence-electron chi connectivity index (χ0n) is 10.3. The average Bonchev–Trinajstić information content (AvgIpc) is 2.82. The molecule has 0 bridgehead atoms. The first kappa shape index (κ1) is 13.2. The molecule has 1 aromatic heterocycles. The monoisotopic (exact) mass is 263 g/mol. The molecule has 1 heterocycles. The minimum atomic E-state index is -0.182. The third-order valence-electron chi connectivity index (χ3n) is 2.97. The van der Waals surface area contributed by atoms with Crippen molar-refractivity contribution in [1.82, 2.24) is 0 Å². The number of hydrogen-bond acceptors (Lipinski definition) is 2. The number of halogens is 1. The van der Waals surface area contributed by atoms with Gasteiger partial charge in [-0.05, 0) is 54.8 Å². The summed E-state index contributed by atoms with van der Waals surface area (Å²) in [6, 6.07) is 11.1. The summed E-state index contributed by atoms with van der Waals surface area (Å²) in [5.41, 5.74) is 7.06. The minimum Gasteiger partial charge on any atom is -0.327 e. The molecule has 0 fully saturated rings. The maximum Gasteiger partial charge on any atom is 0.123 e. The Morgan fingerprint density at radius 2 is 2.11 bits per heavy atom. The van der Waals surface area contributed by atoms with Crippen molar-refractivity contribution in [3.05, 3.63) is 58.0 Å². The molecule has 2 aromatic rings. The Kier molecular flexibility index (Phi) is 4.90. The van der Waals surface area contributed by atoms with E-state index in [-0.39, 0.29) is 11.9 Å². The number of aryl methyl sites for hydroxylation is 1. The summed E-state index contributed by atoms with van der Waals surface area (Å²) in [5.74, 6) is -0.182. The molecular weight excluding hydrogens is 245 g/mol. The number of thiophene rings is 1. The smallest absolute Gasteiger partial charge is 0.123 e. The van der Waals surface area contributed by atoms with E-state index < -0.39 is 0 Å². The van der Waals surface area contributed by atoms with E-state index in [1.807, 2.05) is 6.07 Å². The van der Waals surface area contributed by atoms with Gasteiger partial charge in [-0.25, -0.2) is 4.39 Å². The fourth-order valence-electron chi connectivity index (χ4n) is 2.06. The molecule has 0 spiro atoms. The molecular formula is C15H18FNS. The van der Waals surface area contributed by atoms with Crippen LogP contribution < -0.4 is 5.73 Å². The zero-order chi connectivity index (χ0) is 12.8. The molecule has 18 heavy (non-hydrogen) atoms.